The molecule has 0 unspecified atom stereocenters. The summed E-state index contributed by atoms with van der Waals surface area (Å²) in [6.07, 6.45) is 4.39. The zero-order valence-corrected chi connectivity index (χ0v) is 19.2. The molecule has 5 N–H and O–H groups in total. The third kappa shape index (κ3) is 4.51. The van der Waals surface area contributed by atoms with Gasteiger partial charge in [0, 0.05) is 25.3 Å². The number of aliphatic hydroxyl groups is 3. The van der Waals surface area contributed by atoms with Gasteiger partial charge < -0.3 is 26.0 Å². The molecule has 0 spiro atoms. The van der Waals surface area contributed by atoms with E-state index in [4.69, 9.17) is 9.97 Å². The molecule has 0 amide bonds. The molecule has 4 atom stereocenters. The van der Waals surface area contributed by atoms with Crippen LogP contribution in [0.1, 0.15) is 25.0 Å². The number of aryl methyl sites for hydroxylation is 1. The van der Waals surface area contributed by atoms with Gasteiger partial charge in [0.1, 0.15) is 22.4 Å². The van der Waals surface area contributed by atoms with Crippen LogP contribution in [-0.2, 0) is 0 Å². The van der Waals surface area contributed by atoms with Crippen LogP contribution in [0.5, 0.6) is 0 Å². The van der Waals surface area contributed by atoms with Crippen molar-refractivity contribution in [2.24, 2.45) is 11.8 Å². The van der Waals surface area contributed by atoms with Gasteiger partial charge in [-0.05, 0) is 38.2 Å². The first-order valence-electron chi connectivity index (χ1n) is 10.6. The molecule has 5 rings (SSSR count). The van der Waals surface area contributed by atoms with Gasteiger partial charge in [-0.25, -0.2) is 9.97 Å². The second kappa shape index (κ2) is 9.40. The van der Waals surface area contributed by atoms with Crippen molar-refractivity contribution in [1.82, 2.24) is 19.9 Å². The number of aromatic nitrogens is 4. The first-order chi connectivity index (χ1) is 15.0. The number of nitrogens with zero attached hydrogens (tertiary/aromatic N) is 4. The lowest BCUT2D eigenvalue weighted by molar-refractivity contribution is 0.00446. The minimum absolute atomic E-state index is 0. The predicted molar refractivity (Wildman–Crippen MR) is 126 cm³/mol. The van der Waals surface area contributed by atoms with Crippen LogP contribution in [-0.4, -0.2) is 66.7 Å². The first-order valence-corrected chi connectivity index (χ1v) is 11.4. The molecule has 0 aromatic carbocycles. The highest BCUT2D eigenvalue weighted by Gasteiger charge is 2.41. The molecule has 172 valence electrons. The number of pyridine rings is 1. The highest BCUT2D eigenvalue weighted by molar-refractivity contribution is 7.21. The largest absolute Gasteiger partial charge is 0.396 e. The average Bonchev–Trinajstić information content (AvgIpc) is 3.44. The number of halogens is 1. The number of hydrogen-bond donors (Lipinski definition) is 5. The topological polar surface area (TPSA) is 136 Å². The van der Waals surface area contributed by atoms with Crippen molar-refractivity contribution in [2.75, 3.05) is 23.8 Å². The molecule has 0 bridgehead atoms. The summed E-state index contributed by atoms with van der Waals surface area (Å²) < 4.78 is 1.02. The molecule has 3 aromatic heterocycles. The van der Waals surface area contributed by atoms with Gasteiger partial charge in [-0.2, -0.15) is 4.98 Å². The molecule has 3 heterocycles. The van der Waals surface area contributed by atoms with E-state index >= 15 is 0 Å². The second-order valence-corrected chi connectivity index (χ2v) is 9.48. The van der Waals surface area contributed by atoms with Crippen LogP contribution in [0.15, 0.2) is 18.5 Å². The molecule has 32 heavy (non-hydrogen) atoms. The van der Waals surface area contributed by atoms with Gasteiger partial charge in [-0.3, -0.25) is 4.98 Å². The van der Waals surface area contributed by atoms with E-state index in [2.05, 4.69) is 20.6 Å². The normalized spacial score (nSPS) is 25.0. The first kappa shape index (κ1) is 23.1. The number of rotatable bonds is 7. The Morgan fingerprint density at radius 1 is 1.16 bits per heavy atom. The van der Waals surface area contributed by atoms with E-state index in [0.717, 1.165) is 33.0 Å². The number of nitrogens with one attached hydrogen (secondary N) is 2. The fourth-order valence-corrected chi connectivity index (χ4v) is 5.11. The zero-order chi connectivity index (χ0) is 21.5. The van der Waals surface area contributed by atoms with Crippen molar-refractivity contribution in [2.45, 2.75) is 44.4 Å². The lowest BCUT2D eigenvalue weighted by Crippen LogP contribution is -2.35. The molecule has 3 aromatic rings. The Bertz CT molecular complexity index is 1060. The third-order valence-electron chi connectivity index (χ3n) is 6.10. The molecule has 2 aliphatic rings. The second-order valence-electron chi connectivity index (χ2n) is 8.45. The molecule has 0 aliphatic heterocycles. The minimum atomic E-state index is -0.997. The van der Waals surface area contributed by atoms with Gasteiger partial charge >= 0.3 is 0 Å². The minimum Gasteiger partial charge on any atom is -0.396 e. The van der Waals surface area contributed by atoms with Crippen LogP contribution in [0.4, 0.5) is 11.8 Å². The lowest BCUT2D eigenvalue weighted by Gasteiger charge is -2.21. The Balaban J connectivity index is 0.00000245. The molecular formula is C21H27ClN6O3S. The molecule has 9 nitrogen and oxygen atoms in total. The Hall–Kier alpha value is -2.11. The van der Waals surface area contributed by atoms with E-state index in [-0.39, 0.29) is 24.9 Å². The smallest absolute Gasteiger partial charge is 0.224 e. The zero-order valence-electron chi connectivity index (χ0n) is 17.6. The summed E-state index contributed by atoms with van der Waals surface area (Å²) in [6.45, 7) is 2.58. The molecule has 0 saturated heterocycles. The Labute approximate surface area is 195 Å². The van der Waals surface area contributed by atoms with Crippen LogP contribution in [0.3, 0.4) is 0 Å². The number of hydrogen-bond acceptors (Lipinski definition) is 10. The summed E-state index contributed by atoms with van der Waals surface area (Å²) in [5.41, 5.74) is 2.35. The van der Waals surface area contributed by atoms with Gasteiger partial charge in [-0.15, -0.1) is 23.7 Å². The Kier molecular flexibility index (Phi) is 6.78. The van der Waals surface area contributed by atoms with Gasteiger partial charge in [-0.1, -0.05) is 0 Å². The maximum atomic E-state index is 10.5. The van der Waals surface area contributed by atoms with Crippen molar-refractivity contribution in [1.29, 1.82) is 0 Å². The van der Waals surface area contributed by atoms with Crippen molar-refractivity contribution in [3.05, 3.63) is 24.2 Å². The summed E-state index contributed by atoms with van der Waals surface area (Å²) in [7, 11) is 0. The highest BCUT2D eigenvalue weighted by atomic mass is 35.5. The summed E-state index contributed by atoms with van der Waals surface area (Å²) in [5.74, 6) is 1.39. The van der Waals surface area contributed by atoms with Gasteiger partial charge in [0.05, 0.1) is 34.3 Å². The molecule has 11 heteroatoms. The van der Waals surface area contributed by atoms with Gasteiger partial charge in [0.25, 0.3) is 0 Å². The van der Waals surface area contributed by atoms with Crippen LogP contribution in [0.2, 0.25) is 0 Å². The third-order valence-corrected chi connectivity index (χ3v) is 7.15. The maximum Gasteiger partial charge on any atom is 0.224 e. The molecule has 2 fully saturated rings. The van der Waals surface area contributed by atoms with E-state index in [0.29, 0.717) is 24.1 Å². The van der Waals surface area contributed by atoms with E-state index in [1.807, 2.05) is 13.0 Å². The summed E-state index contributed by atoms with van der Waals surface area (Å²) >= 11 is 1.53. The fourth-order valence-electron chi connectivity index (χ4n) is 4.08. The maximum absolute atomic E-state index is 10.5. The van der Waals surface area contributed by atoms with Crippen molar-refractivity contribution >= 4 is 45.7 Å². The number of aliphatic hydroxyl groups excluding tert-OH is 3. The molecule has 0 radical (unpaired) electrons. The Morgan fingerprint density at radius 2 is 1.97 bits per heavy atom. The summed E-state index contributed by atoms with van der Waals surface area (Å²) in [5, 5.41) is 37.7. The van der Waals surface area contributed by atoms with Crippen LogP contribution < -0.4 is 10.6 Å². The van der Waals surface area contributed by atoms with Gasteiger partial charge in [0.2, 0.25) is 5.95 Å². The molecule has 2 saturated carbocycles. The van der Waals surface area contributed by atoms with E-state index < -0.39 is 18.2 Å². The lowest BCUT2D eigenvalue weighted by atomic mass is 10.1. The average molecular weight is 479 g/mol. The number of anilines is 2. The van der Waals surface area contributed by atoms with Crippen molar-refractivity contribution in [3.63, 3.8) is 0 Å². The number of thiazole rings is 1. The SMILES string of the molecule is Cc1nc(NCC2CC2)nc(N[C@@H]2C[C@H](CO)[C@@H](O)[C@H]2O)c1-c1nc2cnccc2s1.Cl. The highest BCUT2D eigenvalue weighted by Crippen LogP contribution is 2.38. The van der Waals surface area contributed by atoms with Crippen LogP contribution in [0, 0.1) is 18.8 Å². The van der Waals surface area contributed by atoms with E-state index in [9.17, 15) is 15.3 Å². The number of fused-ring (bicyclic) bond motifs is 1. The fraction of sp³-hybridized carbons (Fsp3) is 0.524. The van der Waals surface area contributed by atoms with Crippen LogP contribution >= 0.6 is 23.7 Å². The molecule has 2 aliphatic carbocycles. The Morgan fingerprint density at radius 3 is 2.66 bits per heavy atom. The standard InChI is InChI=1S/C21H26N6O3S.ClH/c1-10-16(20-26-14-8-22-5-4-15(14)31-20)19(27-21(24-10)23-7-11-2-3-11)25-13-6-12(9-28)17(29)18(13)30;/h4-5,8,11-13,17-18,28-30H,2-3,6-7,9H2,1H3,(H2,23,24,25,27);1H/t12-,13-,17-,18+;/m1./s1. The van der Waals surface area contributed by atoms with Gasteiger partial charge in [0.15, 0.2) is 0 Å². The monoisotopic (exact) mass is 478 g/mol. The van der Waals surface area contributed by atoms with Crippen molar-refractivity contribution < 1.29 is 15.3 Å². The van der Waals surface area contributed by atoms with E-state index in [1.165, 1.54) is 24.2 Å². The quantitative estimate of drug-likeness (QED) is 0.346. The van der Waals surface area contributed by atoms with Crippen molar-refractivity contribution in [3.8, 4) is 10.6 Å². The summed E-state index contributed by atoms with van der Waals surface area (Å²) in [6, 6.07) is 1.49. The predicted octanol–water partition coefficient (Wildman–Crippen LogP) is 2.21. The summed E-state index contributed by atoms with van der Waals surface area (Å²) in [4.78, 5) is 18.2. The molecular weight excluding hydrogens is 452 g/mol. The van der Waals surface area contributed by atoms with Crippen LogP contribution in [0.25, 0.3) is 20.8 Å². The van der Waals surface area contributed by atoms with E-state index in [1.54, 1.807) is 12.4 Å².